The fourth-order valence-electron chi connectivity index (χ4n) is 1.20. The molecule has 0 bridgehead atoms. The minimum Gasteiger partial charge on any atom is -0.394 e. The van der Waals surface area contributed by atoms with E-state index < -0.39 is 0 Å². The standard InChI is InChI=1S/C10H12BrNO2/c1-7(14)12-10(6-13)8-3-2-4-9(11)5-8/h2-5,10,13H,6H2,1H3,(H,12,14). The summed E-state index contributed by atoms with van der Waals surface area (Å²) >= 11 is 3.33. The Hall–Kier alpha value is -0.870. The smallest absolute Gasteiger partial charge is 0.217 e. The van der Waals surface area contributed by atoms with Crippen LogP contribution >= 0.6 is 15.9 Å². The zero-order valence-electron chi connectivity index (χ0n) is 7.83. The molecular weight excluding hydrogens is 246 g/mol. The van der Waals surface area contributed by atoms with Gasteiger partial charge in [-0.3, -0.25) is 4.79 Å². The molecule has 1 aromatic carbocycles. The van der Waals surface area contributed by atoms with Gasteiger partial charge in [0.15, 0.2) is 0 Å². The topological polar surface area (TPSA) is 49.3 Å². The maximum Gasteiger partial charge on any atom is 0.217 e. The molecule has 0 heterocycles. The second-order valence-corrected chi connectivity index (χ2v) is 3.91. The van der Waals surface area contributed by atoms with Gasteiger partial charge in [-0.15, -0.1) is 0 Å². The van der Waals surface area contributed by atoms with E-state index in [1.165, 1.54) is 6.92 Å². The molecule has 0 aliphatic carbocycles. The number of amides is 1. The highest BCUT2D eigenvalue weighted by Gasteiger charge is 2.10. The van der Waals surface area contributed by atoms with Crippen molar-refractivity contribution in [3.8, 4) is 0 Å². The predicted molar refractivity (Wildman–Crippen MR) is 57.8 cm³/mol. The van der Waals surface area contributed by atoms with Crippen LogP contribution in [0.5, 0.6) is 0 Å². The fourth-order valence-corrected chi connectivity index (χ4v) is 1.62. The number of nitrogens with one attached hydrogen (secondary N) is 1. The lowest BCUT2D eigenvalue weighted by molar-refractivity contribution is -0.120. The van der Waals surface area contributed by atoms with Crippen LogP contribution in [0.1, 0.15) is 18.5 Å². The SMILES string of the molecule is CC(=O)NC(CO)c1cccc(Br)c1. The van der Waals surface area contributed by atoms with E-state index in [0.29, 0.717) is 0 Å². The van der Waals surface area contributed by atoms with Crippen molar-refractivity contribution >= 4 is 21.8 Å². The van der Waals surface area contributed by atoms with Crippen LogP contribution < -0.4 is 5.32 Å². The van der Waals surface area contributed by atoms with Crippen molar-refractivity contribution in [3.63, 3.8) is 0 Å². The van der Waals surface area contributed by atoms with E-state index >= 15 is 0 Å². The van der Waals surface area contributed by atoms with Gasteiger partial charge in [-0.1, -0.05) is 28.1 Å². The average Bonchev–Trinajstić information content (AvgIpc) is 2.14. The van der Waals surface area contributed by atoms with E-state index in [4.69, 9.17) is 5.11 Å². The van der Waals surface area contributed by atoms with Crippen molar-refractivity contribution in [2.75, 3.05) is 6.61 Å². The number of carbonyl (C=O) groups excluding carboxylic acids is 1. The highest BCUT2D eigenvalue weighted by atomic mass is 79.9. The highest BCUT2D eigenvalue weighted by Crippen LogP contribution is 2.17. The van der Waals surface area contributed by atoms with Gasteiger partial charge in [-0.05, 0) is 17.7 Å². The van der Waals surface area contributed by atoms with Gasteiger partial charge in [0.1, 0.15) is 0 Å². The van der Waals surface area contributed by atoms with Gasteiger partial charge in [0, 0.05) is 11.4 Å². The van der Waals surface area contributed by atoms with E-state index in [1.54, 1.807) is 0 Å². The molecule has 0 saturated carbocycles. The third kappa shape index (κ3) is 3.12. The van der Waals surface area contributed by atoms with Crippen molar-refractivity contribution in [1.29, 1.82) is 0 Å². The molecule has 0 aromatic heterocycles. The van der Waals surface area contributed by atoms with Gasteiger partial charge in [-0.25, -0.2) is 0 Å². The number of halogens is 1. The van der Waals surface area contributed by atoms with Crippen molar-refractivity contribution < 1.29 is 9.90 Å². The zero-order chi connectivity index (χ0) is 10.6. The van der Waals surface area contributed by atoms with Gasteiger partial charge in [0.25, 0.3) is 0 Å². The van der Waals surface area contributed by atoms with Crippen LogP contribution in [-0.2, 0) is 4.79 Å². The summed E-state index contributed by atoms with van der Waals surface area (Å²) in [6.07, 6.45) is 0. The Morgan fingerprint density at radius 1 is 1.64 bits per heavy atom. The van der Waals surface area contributed by atoms with Crippen LogP contribution in [0.4, 0.5) is 0 Å². The van der Waals surface area contributed by atoms with Gasteiger partial charge >= 0.3 is 0 Å². The quantitative estimate of drug-likeness (QED) is 0.865. The van der Waals surface area contributed by atoms with Crippen LogP contribution in [0.2, 0.25) is 0 Å². The zero-order valence-corrected chi connectivity index (χ0v) is 9.41. The molecule has 76 valence electrons. The Bertz CT molecular complexity index is 328. The van der Waals surface area contributed by atoms with Crippen LogP contribution in [-0.4, -0.2) is 17.6 Å². The molecule has 2 N–H and O–H groups in total. The summed E-state index contributed by atoms with van der Waals surface area (Å²) in [6.45, 7) is 1.33. The van der Waals surface area contributed by atoms with Crippen molar-refractivity contribution in [2.45, 2.75) is 13.0 Å². The molecule has 1 atom stereocenters. The first-order valence-electron chi connectivity index (χ1n) is 4.27. The lowest BCUT2D eigenvalue weighted by atomic mass is 10.1. The molecule has 14 heavy (non-hydrogen) atoms. The Morgan fingerprint density at radius 3 is 2.86 bits per heavy atom. The van der Waals surface area contributed by atoms with E-state index in [9.17, 15) is 4.79 Å². The van der Waals surface area contributed by atoms with Gasteiger partial charge in [0.2, 0.25) is 5.91 Å². The lowest BCUT2D eigenvalue weighted by Gasteiger charge is -2.15. The van der Waals surface area contributed by atoms with Crippen LogP contribution in [0.15, 0.2) is 28.7 Å². The molecular formula is C10H12BrNO2. The third-order valence-corrected chi connectivity index (χ3v) is 2.30. The summed E-state index contributed by atoms with van der Waals surface area (Å²) in [5.74, 6) is -0.149. The number of benzene rings is 1. The molecule has 3 nitrogen and oxygen atoms in total. The van der Waals surface area contributed by atoms with Crippen LogP contribution in [0.3, 0.4) is 0 Å². The molecule has 4 heteroatoms. The normalized spacial score (nSPS) is 12.2. The Labute approximate surface area is 91.3 Å². The summed E-state index contributed by atoms with van der Waals surface area (Å²) in [6, 6.07) is 7.17. The highest BCUT2D eigenvalue weighted by molar-refractivity contribution is 9.10. The summed E-state index contributed by atoms with van der Waals surface area (Å²) in [5.41, 5.74) is 0.886. The number of carbonyl (C=O) groups is 1. The summed E-state index contributed by atoms with van der Waals surface area (Å²) in [7, 11) is 0. The minimum atomic E-state index is -0.329. The second kappa shape index (κ2) is 5.12. The number of hydrogen-bond acceptors (Lipinski definition) is 2. The van der Waals surface area contributed by atoms with Gasteiger partial charge < -0.3 is 10.4 Å². The van der Waals surface area contributed by atoms with Crippen LogP contribution in [0, 0.1) is 0 Å². The van der Waals surface area contributed by atoms with Crippen LogP contribution in [0.25, 0.3) is 0 Å². The number of aliphatic hydroxyl groups is 1. The maximum atomic E-state index is 10.8. The van der Waals surface area contributed by atoms with E-state index in [1.807, 2.05) is 24.3 Å². The lowest BCUT2D eigenvalue weighted by Crippen LogP contribution is -2.28. The molecule has 1 aromatic rings. The summed E-state index contributed by atoms with van der Waals surface area (Å²) < 4.78 is 0.929. The largest absolute Gasteiger partial charge is 0.394 e. The van der Waals surface area contributed by atoms with E-state index in [0.717, 1.165) is 10.0 Å². The van der Waals surface area contributed by atoms with Crippen molar-refractivity contribution in [1.82, 2.24) is 5.32 Å². The molecule has 1 amide bonds. The molecule has 0 spiro atoms. The Balaban J connectivity index is 2.83. The molecule has 1 unspecified atom stereocenters. The average molecular weight is 258 g/mol. The molecule has 0 radical (unpaired) electrons. The first kappa shape index (κ1) is 11.2. The summed E-state index contributed by atoms with van der Waals surface area (Å²) in [4.78, 5) is 10.8. The Morgan fingerprint density at radius 2 is 2.36 bits per heavy atom. The molecule has 0 aliphatic heterocycles. The second-order valence-electron chi connectivity index (χ2n) is 2.99. The fraction of sp³-hybridized carbons (Fsp3) is 0.300. The molecule has 1 rings (SSSR count). The van der Waals surface area contributed by atoms with E-state index in [2.05, 4.69) is 21.2 Å². The minimum absolute atomic E-state index is 0.101. The first-order chi connectivity index (χ1) is 6.63. The summed E-state index contributed by atoms with van der Waals surface area (Å²) in [5, 5.41) is 11.8. The molecule has 0 saturated heterocycles. The van der Waals surface area contributed by atoms with Crippen molar-refractivity contribution in [3.05, 3.63) is 34.3 Å². The van der Waals surface area contributed by atoms with Gasteiger partial charge in [-0.2, -0.15) is 0 Å². The van der Waals surface area contributed by atoms with Crippen molar-refractivity contribution in [2.24, 2.45) is 0 Å². The Kier molecular flexibility index (Phi) is 4.10. The van der Waals surface area contributed by atoms with E-state index in [-0.39, 0.29) is 18.6 Å². The monoisotopic (exact) mass is 257 g/mol. The molecule has 0 aliphatic rings. The number of hydrogen-bond donors (Lipinski definition) is 2. The first-order valence-corrected chi connectivity index (χ1v) is 5.06. The number of rotatable bonds is 3. The maximum absolute atomic E-state index is 10.8. The predicted octanol–water partition coefficient (Wildman–Crippen LogP) is 1.62. The molecule has 0 fully saturated rings. The third-order valence-electron chi connectivity index (χ3n) is 1.81. The van der Waals surface area contributed by atoms with Gasteiger partial charge in [0.05, 0.1) is 12.6 Å². The number of aliphatic hydroxyl groups excluding tert-OH is 1.